The van der Waals surface area contributed by atoms with Crippen LogP contribution in [0, 0.1) is 0 Å². The summed E-state index contributed by atoms with van der Waals surface area (Å²) in [5.41, 5.74) is 0. The Morgan fingerprint density at radius 1 is 0.500 bits per heavy atom. The molecule has 0 nitrogen and oxygen atoms in total. The molecule has 0 aliphatic carbocycles. The van der Waals surface area contributed by atoms with Crippen LogP contribution < -0.4 is 5.19 Å². The molecule has 0 bridgehead atoms. The summed E-state index contributed by atoms with van der Waals surface area (Å²) in [6, 6.07) is 21.7. The Morgan fingerprint density at radius 2 is 0.850 bits per heavy atom. The first-order valence-electron chi connectivity index (χ1n) is 15.7. The molecule has 1 aliphatic heterocycles. The van der Waals surface area contributed by atoms with Crippen LogP contribution in [0.3, 0.4) is 0 Å². The first kappa shape index (κ1) is 32.6. The van der Waals surface area contributed by atoms with E-state index < -0.39 is 55.2 Å². The summed E-state index contributed by atoms with van der Waals surface area (Å²) in [5.74, 6) is 0. The van der Waals surface area contributed by atoms with Crippen molar-refractivity contribution in [1.82, 2.24) is 0 Å². The molecule has 4 rings (SSSR count). The summed E-state index contributed by atoms with van der Waals surface area (Å²) in [7, 11) is -9.27. The predicted molar refractivity (Wildman–Crippen MR) is 204 cm³/mol. The maximum Gasteiger partial charge on any atom is 0.0507 e. The molecule has 0 unspecified atom stereocenters. The molecule has 0 N–H and O–H groups in total. The molecule has 0 saturated heterocycles. The molecule has 0 amide bonds. The van der Waals surface area contributed by atoms with E-state index in [1.807, 2.05) is 5.19 Å². The molecule has 7 heteroatoms. The average Bonchev–Trinajstić information content (AvgIpc) is 2.77. The first-order chi connectivity index (χ1) is 18.0. The topological polar surface area (TPSA) is 0 Å². The average molecular weight is 651 g/mol. The maximum absolute atomic E-state index is 2.85. The third kappa shape index (κ3) is 4.81. The minimum atomic E-state index is -1.58. The molecule has 0 radical (unpaired) electrons. The molecule has 1 aliphatic rings. The van der Waals surface area contributed by atoms with E-state index in [9.17, 15) is 0 Å². The minimum Gasteiger partial charge on any atom is -0.0694 e. The van der Waals surface area contributed by atoms with Crippen LogP contribution in [0.2, 0.25) is 107 Å². The smallest absolute Gasteiger partial charge is 0.0507 e. The van der Waals surface area contributed by atoms with Gasteiger partial charge in [-0.1, -0.05) is 160 Å². The molecule has 0 atom stereocenters. The molecule has 218 valence electrons. The molecule has 0 saturated carbocycles. The third-order valence-corrected chi connectivity index (χ3v) is 72.5. The monoisotopic (exact) mass is 650 g/mol. The predicted octanol–water partition coefficient (Wildman–Crippen LogP) is 10.5. The highest BCUT2D eigenvalue weighted by atomic mass is 29.4. The Kier molecular flexibility index (Phi) is 8.25. The van der Waals surface area contributed by atoms with Crippen LogP contribution in [-0.4, -0.2) is 55.2 Å². The van der Waals surface area contributed by atoms with Gasteiger partial charge in [0.15, 0.2) is 0 Å². The van der Waals surface area contributed by atoms with Gasteiger partial charge in [-0.05, 0) is 48.8 Å². The maximum atomic E-state index is 2.85. The van der Waals surface area contributed by atoms with Crippen molar-refractivity contribution in [3.05, 3.63) is 54.6 Å². The van der Waals surface area contributed by atoms with Crippen LogP contribution in [0.4, 0.5) is 0 Å². The molecule has 0 fully saturated rings. The highest BCUT2D eigenvalue weighted by Gasteiger charge is 2.66. The van der Waals surface area contributed by atoms with Crippen molar-refractivity contribution in [2.24, 2.45) is 0 Å². The molecule has 1 heterocycles. The lowest BCUT2D eigenvalue weighted by Gasteiger charge is -2.66. The van der Waals surface area contributed by atoms with Gasteiger partial charge in [0.05, 0.1) is 7.59 Å². The molecular formula is C33H58Si7. The van der Waals surface area contributed by atoms with Crippen molar-refractivity contribution in [3.63, 3.8) is 0 Å². The van der Waals surface area contributed by atoms with Crippen molar-refractivity contribution in [2.75, 3.05) is 0 Å². The second-order valence-corrected chi connectivity index (χ2v) is 61.1. The lowest BCUT2D eigenvalue weighted by molar-refractivity contribution is 0.679. The summed E-state index contributed by atoms with van der Waals surface area (Å²) in [4.78, 5) is 0. The van der Waals surface area contributed by atoms with Gasteiger partial charge in [-0.15, -0.1) is 0 Å². The van der Waals surface area contributed by atoms with Crippen LogP contribution in [-0.2, 0) is 0 Å². The van der Waals surface area contributed by atoms with Crippen molar-refractivity contribution in [1.29, 1.82) is 0 Å². The lowest BCUT2D eigenvalue weighted by Crippen LogP contribution is -2.76. The van der Waals surface area contributed by atoms with Crippen LogP contribution in [0.25, 0.3) is 21.5 Å². The van der Waals surface area contributed by atoms with E-state index in [4.69, 9.17) is 0 Å². The SMILES string of the molecule is C[Si](C)(C)[Si]1=[Si](c2c3ccccc3cc3ccccc23)C([Si](C)(C)C)([Si](C)(C)C)CCC1([Si](C)(C)C)[Si](C)(C)C. The Morgan fingerprint density at radius 3 is 1.20 bits per heavy atom. The fourth-order valence-corrected chi connectivity index (χ4v) is 104. The summed E-state index contributed by atoms with van der Waals surface area (Å²) in [5, 5.41) is 8.13. The van der Waals surface area contributed by atoms with E-state index in [0.717, 1.165) is 0 Å². The van der Waals surface area contributed by atoms with Crippen LogP contribution >= 0.6 is 0 Å². The zero-order valence-electron chi connectivity index (χ0n) is 28.6. The quantitative estimate of drug-likeness (QED) is 0.184. The first-order valence-corrected chi connectivity index (χ1v) is 38.2. The van der Waals surface area contributed by atoms with E-state index in [2.05, 4.69) is 153 Å². The van der Waals surface area contributed by atoms with Gasteiger partial charge in [0, 0.05) is 40.2 Å². The Bertz CT molecular complexity index is 1380. The summed E-state index contributed by atoms with van der Waals surface area (Å²) in [6.45, 7) is 42.3. The minimum absolute atomic E-state index is 0.592. The normalized spacial score (nSPS) is 19.0. The van der Waals surface area contributed by atoms with E-state index in [1.54, 1.807) is 17.2 Å². The van der Waals surface area contributed by atoms with Crippen LogP contribution in [0.5, 0.6) is 0 Å². The number of fused-ring (bicyclic) bond motifs is 2. The van der Waals surface area contributed by atoms with E-state index in [1.165, 1.54) is 17.2 Å². The van der Waals surface area contributed by atoms with Crippen molar-refractivity contribution in [2.45, 2.75) is 120 Å². The van der Waals surface area contributed by atoms with Gasteiger partial charge in [-0.2, -0.15) is 0 Å². The number of hydrogen-bond donors (Lipinski definition) is 0. The Balaban J connectivity index is 2.50. The van der Waals surface area contributed by atoms with Crippen molar-refractivity contribution in [3.8, 4) is 0 Å². The third-order valence-electron chi connectivity index (χ3n) is 10.9. The Hall–Kier alpha value is -0.302. The fourth-order valence-electron chi connectivity index (χ4n) is 9.94. The molecular weight excluding hydrogens is 593 g/mol. The number of benzene rings is 3. The number of hydrogen-bond acceptors (Lipinski definition) is 0. The van der Waals surface area contributed by atoms with Gasteiger partial charge >= 0.3 is 0 Å². The standard InChI is InChI=1S/C33H58Si7/c1-36(2,3)32(37(4,5)6)24-25-33(38(7,8)9,39(10,11)12)35(40(13,14)15)34(32)31-29-22-18-16-20-27(29)26-28-21-17-19-23-30(28)31/h16-23,26H,24-25H2,1-15H3. The van der Waals surface area contributed by atoms with Crippen molar-refractivity contribution < 1.29 is 0 Å². The van der Waals surface area contributed by atoms with Gasteiger partial charge in [0.1, 0.15) is 0 Å². The molecule has 0 aromatic heterocycles. The van der Waals surface area contributed by atoms with Gasteiger partial charge < -0.3 is 0 Å². The lowest BCUT2D eigenvalue weighted by atomic mass is 10.0. The second-order valence-electron chi connectivity index (χ2n) is 18.0. The van der Waals surface area contributed by atoms with Gasteiger partial charge in [0.2, 0.25) is 0 Å². The molecule has 0 spiro atoms. The largest absolute Gasteiger partial charge is 0.0694 e. The van der Waals surface area contributed by atoms with Crippen LogP contribution in [0.15, 0.2) is 54.6 Å². The van der Waals surface area contributed by atoms with E-state index in [-0.39, 0.29) is 0 Å². The summed E-state index contributed by atoms with van der Waals surface area (Å²) >= 11 is 0. The summed E-state index contributed by atoms with van der Waals surface area (Å²) < 4.78 is 1.26. The second kappa shape index (κ2) is 10.1. The fraction of sp³-hybridized carbons (Fsp3) is 0.576. The van der Waals surface area contributed by atoms with E-state index in [0.29, 0.717) is 8.57 Å². The van der Waals surface area contributed by atoms with Crippen molar-refractivity contribution >= 4 is 81.9 Å². The molecule has 40 heavy (non-hydrogen) atoms. The van der Waals surface area contributed by atoms with Crippen LogP contribution in [0.1, 0.15) is 12.8 Å². The van der Waals surface area contributed by atoms with E-state index >= 15 is 0 Å². The van der Waals surface area contributed by atoms with Gasteiger partial charge in [0.25, 0.3) is 0 Å². The molecule has 3 aromatic rings. The zero-order chi connectivity index (χ0) is 30.3. The highest BCUT2D eigenvalue weighted by molar-refractivity contribution is 7.50. The Labute approximate surface area is 254 Å². The number of rotatable bonds is 6. The van der Waals surface area contributed by atoms with Gasteiger partial charge in [-0.25, -0.2) is 0 Å². The summed E-state index contributed by atoms with van der Waals surface area (Å²) in [6.07, 6.45) is 3.08. The highest BCUT2D eigenvalue weighted by Crippen LogP contribution is 2.63. The zero-order valence-corrected chi connectivity index (χ0v) is 35.6. The molecule has 3 aromatic carbocycles. The van der Waals surface area contributed by atoms with Gasteiger partial charge in [-0.3, -0.25) is 0 Å².